The molecule has 3 rings (SSSR count). The molecule has 0 atom stereocenters. The molecule has 1 aliphatic rings. The first-order valence-electron chi connectivity index (χ1n) is 7.78. The Balaban J connectivity index is 1.75. The first-order chi connectivity index (χ1) is 11.3. The fourth-order valence-corrected chi connectivity index (χ4v) is 2.65. The van der Waals surface area contributed by atoms with Gasteiger partial charge < -0.3 is 9.64 Å². The molecule has 0 aliphatic carbocycles. The third kappa shape index (κ3) is 3.77. The molecule has 1 saturated heterocycles. The molecule has 6 nitrogen and oxygen atoms in total. The summed E-state index contributed by atoms with van der Waals surface area (Å²) in [5.41, 5.74) is 1.66. The summed E-state index contributed by atoms with van der Waals surface area (Å²) in [7, 11) is 1.63. The largest absolute Gasteiger partial charge is 0.497 e. The van der Waals surface area contributed by atoms with Crippen LogP contribution in [0, 0.1) is 0 Å². The van der Waals surface area contributed by atoms with Gasteiger partial charge in [0.25, 0.3) is 0 Å². The van der Waals surface area contributed by atoms with Gasteiger partial charge in [0.05, 0.1) is 12.8 Å². The van der Waals surface area contributed by atoms with Crippen LogP contribution in [0.3, 0.4) is 0 Å². The Morgan fingerprint density at radius 1 is 1.17 bits per heavy atom. The van der Waals surface area contributed by atoms with E-state index in [4.69, 9.17) is 4.74 Å². The molecular weight excluding hydrogens is 292 g/mol. The summed E-state index contributed by atoms with van der Waals surface area (Å²) in [6.07, 6.45) is 4.77. The van der Waals surface area contributed by atoms with Crippen molar-refractivity contribution in [3.8, 4) is 17.0 Å². The minimum absolute atomic E-state index is 0.0972. The topological polar surface area (TPSA) is 67.3 Å². The molecule has 2 aromatic rings. The molecule has 1 fully saturated rings. The number of ether oxygens (including phenoxy) is 1. The Labute approximate surface area is 135 Å². The highest BCUT2D eigenvalue weighted by atomic mass is 16.5. The van der Waals surface area contributed by atoms with E-state index in [9.17, 15) is 4.79 Å². The number of piperidine rings is 1. The van der Waals surface area contributed by atoms with Crippen LogP contribution in [-0.4, -0.2) is 41.1 Å². The zero-order valence-electron chi connectivity index (χ0n) is 13.2. The maximum Gasteiger partial charge on any atom is 0.323 e. The molecule has 0 unspecified atom stereocenters. The Kier molecular flexibility index (Phi) is 4.71. The average Bonchev–Trinajstić information content (AvgIpc) is 2.63. The summed E-state index contributed by atoms with van der Waals surface area (Å²) in [4.78, 5) is 22.5. The van der Waals surface area contributed by atoms with Crippen molar-refractivity contribution in [1.82, 2.24) is 14.9 Å². The van der Waals surface area contributed by atoms with E-state index < -0.39 is 0 Å². The number of carbonyl (C=O) groups is 1. The molecule has 0 radical (unpaired) electrons. The maximum absolute atomic E-state index is 12.3. The number of likely N-dealkylation sites (tertiary alicyclic amines) is 1. The predicted molar refractivity (Wildman–Crippen MR) is 88.5 cm³/mol. The van der Waals surface area contributed by atoms with Crippen LogP contribution in [0.2, 0.25) is 0 Å². The van der Waals surface area contributed by atoms with Crippen molar-refractivity contribution < 1.29 is 9.53 Å². The summed E-state index contributed by atoms with van der Waals surface area (Å²) in [5.74, 6) is 1.27. The molecule has 1 aliphatic heterocycles. The van der Waals surface area contributed by atoms with E-state index >= 15 is 0 Å². The van der Waals surface area contributed by atoms with Crippen LogP contribution in [0.1, 0.15) is 19.3 Å². The second kappa shape index (κ2) is 7.09. The van der Waals surface area contributed by atoms with Crippen molar-refractivity contribution in [1.29, 1.82) is 0 Å². The highest BCUT2D eigenvalue weighted by Crippen LogP contribution is 2.23. The third-order valence-electron chi connectivity index (χ3n) is 3.91. The number of hydrogen-bond donors (Lipinski definition) is 1. The van der Waals surface area contributed by atoms with Gasteiger partial charge in [-0.3, -0.25) is 5.32 Å². The first-order valence-corrected chi connectivity index (χ1v) is 7.78. The van der Waals surface area contributed by atoms with Crippen molar-refractivity contribution >= 4 is 11.8 Å². The fourth-order valence-electron chi connectivity index (χ4n) is 2.65. The van der Waals surface area contributed by atoms with Crippen molar-refractivity contribution in [3.05, 3.63) is 36.7 Å². The summed E-state index contributed by atoms with van der Waals surface area (Å²) in [5, 5.41) is 2.86. The van der Waals surface area contributed by atoms with Crippen LogP contribution in [0.15, 0.2) is 36.7 Å². The van der Waals surface area contributed by atoms with Gasteiger partial charge in [0.1, 0.15) is 17.9 Å². The number of aromatic nitrogens is 2. The molecule has 2 heterocycles. The minimum atomic E-state index is -0.0972. The molecule has 6 heteroatoms. The predicted octanol–water partition coefficient (Wildman–Crippen LogP) is 3.17. The van der Waals surface area contributed by atoms with Crippen molar-refractivity contribution in [2.75, 3.05) is 25.5 Å². The summed E-state index contributed by atoms with van der Waals surface area (Å²) >= 11 is 0. The van der Waals surface area contributed by atoms with Crippen LogP contribution in [0.4, 0.5) is 10.6 Å². The van der Waals surface area contributed by atoms with Crippen LogP contribution in [0.5, 0.6) is 5.75 Å². The zero-order valence-corrected chi connectivity index (χ0v) is 13.2. The summed E-state index contributed by atoms with van der Waals surface area (Å²) < 4.78 is 5.23. The van der Waals surface area contributed by atoms with Crippen molar-refractivity contribution in [2.24, 2.45) is 0 Å². The van der Waals surface area contributed by atoms with Gasteiger partial charge in [0.15, 0.2) is 0 Å². The number of anilines is 1. The molecule has 1 aromatic carbocycles. The van der Waals surface area contributed by atoms with Crippen LogP contribution < -0.4 is 10.1 Å². The molecular formula is C17H20N4O2. The fraction of sp³-hybridized carbons (Fsp3) is 0.353. The maximum atomic E-state index is 12.3. The van der Waals surface area contributed by atoms with Gasteiger partial charge in [-0.1, -0.05) is 12.1 Å². The van der Waals surface area contributed by atoms with E-state index in [1.165, 1.54) is 12.7 Å². The van der Waals surface area contributed by atoms with E-state index in [-0.39, 0.29) is 6.03 Å². The van der Waals surface area contributed by atoms with Gasteiger partial charge >= 0.3 is 6.03 Å². The number of benzene rings is 1. The van der Waals surface area contributed by atoms with Gasteiger partial charge in [0.2, 0.25) is 0 Å². The smallest absolute Gasteiger partial charge is 0.323 e. The standard InChI is InChI=1S/C17H20N4O2/c1-23-14-7-5-6-13(10-14)15-11-16(19-12-18-15)20-17(22)21-8-3-2-4-9-21/h5-7,10-12H,2-4,8-9H2,1H3,(H,18,19,20,22). The lowest BCUT2D eigenvalue weighted by Crippen LogP contribution is -2.38. The number of methoxy groups -OCH3 is 1. The molecule has 1 N–H and O–H groups in total. The second-order valence-electron chi connectivity index (χ2n) is 5.50. The summed E-state index contributed by atoms with van der Waals surface area (Å²) in [6.45, 7) is 1.61. The number of nitrogens with one attached hydrogen (secondary N) is 1. The lowest BCUT2D eigenvalue weighted by molar-refractivity contribution is 0.200. The monoisotopic (exact) mass is 312 g/mol. The number of urea groups is 1. The Hall–Kier alpha value is -2.63. The lowest BCUT2D eigenvalue weighted by Gasteiger charge is -2.26. The average molecular weight is 312 g/mol. The number of hydrogen-bond acceptors (Lipinski definition) is 4. The van der Waals surface area contributed by atoms with Gasteiger partial charge in [-0.25, -0.2) is 14.8 Å². The molecule has 0 saturated carbocycles. The normalized spacial score (nSPS) is 14.4. The van der Waals surface area contributed by atoms with E-state index in [0.29, 0.717) is 5.82 Å². The van der Waals surface area contributed by atoms with E-state index in [1.54, 1.807) is 13.2 Å². The summed E-state index contributed by atoms with van der Waals surface area (Å²) in [6, 6.07) is 9.31. The van der Waals surface area contributed by atoms with Gasteiger partial charge in [-0.2, -0.15) is 0 Å². The van der Waals surface area contributed by atoms with Crippen molar-refractivity contribution in [2.45, 2.75) is 19.3 Å². The highest BCUT2D eigenvalue weighted by Gasteiger charge is 2.17. The van der Waals surface area contributed by atoms with E-state index in [2.05, 4.69) is 15.3 Å². The Bertz CT molecular complexity index is 684. The molecule has 2 amide bonds. The Morgan fingerprint density at radius 3 is 2.78 bits per heavy atom. The molecule has 23 heavy (non-hydrogen) atoms. The first kappa shape index (κ1) is 15.3. The minimum Gasteiger partial charge on any atom is -0.497 e. The zero-order chi connectivity index (χ0) is 16.1. The number of carbonyl (C=O) groups excluding carboxylic acids is 1. The van der Waals surface area contributed by atoms with E-state index in [1.807, 2.05) is 29.2 Å². The van der Waals surface area contributed by atoms with Crippen LogP contribution in [-0.2, 0) is 0 Å². The molecule has 0 bridgehead atoms. The van der Waals surface area contributed by atoms with Crippen LogP contribution in [0.25, 0.3) is 11.3 Å². The number of rotatable bonds is 3. The molecule has 1 aromatic heterocycles. The number of nitrogens with zero attached hydrogens (tertiary/aromatic N) is 3. The van der Waals surface area contributed by atoms with Crippen molar-refractivity contribution in [3.63, 3.8) is 0 Å². The Morgan fingerprint density at radius 2 is 2.00 bits per heavy atom. The van der Waals surface area contributed by atoms with Crippen LogP contribution >= 0.6 is 0 Å². The molecule has 120 valence electrons. The highest BCUT2D eigenvalue weighted by molar-refractivity contribution is 5.88. The quantitative estimate of drug-likeness (QED) is 0.945. The van der Waals surface area contributed by atoms with Gasteiger partial charge in [0, 0.05) is 24.7 Å². The lowest BCUT2D eigenvalue weighted by atomic mass is 10.1. The molecule has 0 spiro atoms. The second-order valence-corrected chi connectivity index (χ2v) is 5.50. The van der Waals surface area contributed by atoms with Gasteiger partial charge in [-0.15, -0.1) is 0 Å². The third-order valence-corrected chi connectivity index (χ3v) is 3.91. The SMILES string of the molecule is COc1cccc(-c2cc(NC(=O)N3CCCCC3)ncn2)c1. The number of amides is 2. The van der Waals surface area contributed by atoms with E-state index in [0.717, 1.165) is 42.9 Å². The van der Waals surface area contributed by atoms with Gasteiger partial charge in [-0.05, 0) is 31.4 Å².